The summed E-state index contributed by atoms with van der Waals surface area (Å²) < 4.78 is 5.12. The van der Waals surface area contributed by atoms with E-state index in [1.807, 2.05) is 4.90 Å². The van der Waals surface area contributed by atoms with E-state index in [2.05, 4.69) is 10.3 Å². The van der Waals surface area contributed by atoms with Crippen molar-refractivity contribution >= 4 is 40.6 Å². The first-order valence-electron chi connectivity index (χ1n) is 9.11. The average molecular weight is 423 g/mol. The summed E-state index contributed by atoms with van der Waals surface area (Å²) in [4.78, 5) is 33.1. The highest BCUT2D eigenvalue weighted by Crippen LogP contribution is 2.19. The Hall–Kier alpha value is -2.16. The van der Waals surface area contributed by atoms with E-state index >= 15 is 0 Å². The molecule has 0 radical (unpaired) electrons. The highest BCUT2D eigenvalue weighted by atomic mass is 35.5. The van der Waals surface area contributed by atoms with Crippen molar-refractivity contribution in [2.75, 3.05) is 38.7 Å². The van der Waals surface area contributed by atoms with E-state index < -0.39 is 0 Å². The molecule has 9 heteroatoms. The zero-order valence-corrected chi connectivity index (χ0v) is 17.3. The van der Waals surface area contributed by atoms with Crippen molar-refractivity contribution in [1.29, 1.82) is 0 Å². The van der Waals surface area contributed by atoms with Crippen LogP contribution in [0.15, 0.2) is 29.6 Å². The van der Waals surface area contributed by atoms with Gasteiger partial charge in [-0.3, -0.25) is 4.79 Å². The molecule has 1 aliphatic heterocycles. The fourth-order valence-electron chi connectivity index (χ4n) is 2.95. The van der Waals surface area contributed by atoms with Crippen LogP contribution in [-0.2, 0) is 11.3 Å². The molecule has 1 saturated heterocycles. The fourth-order valence-corrected chi connectivity index (χ4v) is 3.92. The third-order valence-electron chi connectivity index (χ3n) is 4.42. The minimum atomic E-state index is -0.276. The van der Waals surface area contributed by atoms with Crippen molar-refractivity contribution in [2.24, 2.45) is 0 Å². The molecule has 1 aliphatic rings. The minimum absolute atomic E-state index is 0.0354. The average Bonchev–Trinajstić information content (AvgIpc) is 3.36. The van der Waals surface area contributed by atoms with E-state index in [0.29, 0.717) is 41.1 Å². The number of carbonyl (C=O) groups is 2. The quantitative estimate of drug-likeness (QED) is 0.738. The summed E-state index contributed by atoms with van der Waals surface area (Å²) in [7, 11) is 1.59. The highest BCUT2D eigenvalue weighted by Gasteiger charge is 2.23. The number of amides is 3. The molecule has 7 nitrogen and oxygen atoms in total. The molecule has 1 fully saturated rings. The maximum absolute atomic E-state index is 12.7. The molecule has 1 N–H and O–H groups in total. The summed E-state index contributed by atoms with van der Waals surface area (Å²) in [5.41, 5.74) is 1.06. The number of ether oxygens (including phenoxy) is 1. The van der Waals surface area contributed by atoms with Gasteiger partial charge in [-0.25, -0.2) is 9.78 Å². The van der Waals surface area contributed by atoms with E-state index in [9.17, 15) is 9.59 Å². The molecular weight excluding hydrogens is 400 g/mol. The largest absolute Gasteiger partial charge is 0.383 e. The molecule has 0 aliphatic carbocycles. The monoisotopic (exact) mass is 422 g/mol. The number of likely N-dealkylation sites (tertiary alicyclic amines) is 1. The van der Waals surface area contributed by atoms with Gasteiger partial charge >= 0.3 is 6.03 Å². The Kier molecular flexibility index (Phi) is 7.24. The van der Waals surface area contributed by atoms with Gasteiger partial charge < -0.3 is 19.9 Å². The maximum atomic E-state index is 12.7. The Labute approximate surface area is 173 Å². The zero-order chi connectivity index (χ0) is 19.9. The summed E-state index contributed by atoms with van der Waals surface area (Å²) in [6.07, 6.45) is 2.08. The van der Waals surface area contributed by atoms with Gasteiger partial charge in [-0.15, -0.1) is 11.3 Å². The Morgan fingerprint density at radius 2 is 2.14 bits per heavy atom. The van der Waals surface area contributed by atoms with E-state index in [1.54, 1.807) is 41.7 Å². The molecule has 150 valence electrons. The number of nitrogens with one attached hydrogen (secondary N) is 1. The molecule has 1 aromatic heterocycles. The van der Waals surface area contributed by atoms with Crippen molar-refractivity contribution in [1.82, 2.24) is 14.8 Å². The fraction of sp³-hybridized carbons (Fsp3) is 0.421. The number of carbonyl (C=O) groups excluding carboxylic acids is 2. The molecule has 0 atom stereocenters. The molecule has 0 saturated carbocycles. The number of thiazole rings is 1. The number of rotatable bonds is 7. The molecule has 1 aromatic carbocycles. The van der Waals surface area contributed by atoms with Crippen LogP contribution in [0.5, 0.6) is 0 Å². The second-order valence-electron chi connectivity index (χ2n) is 6.48. The van der Waals surface area contributed by atoms with Crippen molar-refractivity contribution in [3.8, 4) is 0 Å². The first kappa shape index (κ1) is 20.6. The van der Waals surface area contributed by atoms with Crippen LogP contribution in [0.3, 0.4) is 0 Å². The van der Waals surface area contributed by atoms with Crippen molar-refractivity contribution in [3.05, 3.63) is 45.4 Å². The topological polar surface area (TPSA) is 74.8 Å². The van der Waals surface area contributed by atoms with Gasteiger partial charge in [0.05, 0.1) is 13.2 Å². The Morgan fingerprint density at radius 1 is 1.36 bits per heavy atom. The Balaban J connectivity index is 1.66. The lowest BCUT2D eigenvalue weighted by Crippen LogP contribution is -2.37. The van der Waals surface area contributed by atoms with Crippen LogP contribution in [-0.4, -0.2) is 60.1 Å². The standard InChI is InChI=1S/C19H23ClN4O3S/c1-27-10-9-24(19(26)21-15-6-4-5-14(20)11-15)12-17-22-16(13-28-17)18(25)23-7-2-3-8-23/h4-6,11,13H,2-3,7-10,12H2,1H3,(H,21,26). The number of nitrogens with zero attached hydrogens (tertiary/aromatic N) is 3. The number of methoxy groups -OCH3 is 1. The lowest BCUT2D eigenvalue weighted by molar-refractivity contribution is 0.0787. The molecule has 0 bridgehead atoms. The molecule has 3 rings (SSSR count). The van der Waals surface area contributed by atoms with E-state index in [4.69, 9.17) is 16.3 Å². The molecule has 2 heterocycles. The number of hydrogen-bond acceptors (Lipinski definition) is 5. The van der Waals surface area contributed by atoms with Gasteiger partial charge in [0.2, 0.25) is 0 Å². The molecule has 2 aromatic rings. The minimum Gasteiger partial charge on any atom is -0.383 e. The third kappa shape index (κ3) is 5.43. The van der Waals surface area contributed by atoms with Gasteiger partial charge in [-0.2, -0.15) is 0 Å². The van der Waals surface area contributed by atoms with E-state index in [0.717, 1.165) is 25.9 Å². The van der Waals surface area contributed by atoms with Gasteiger partial charge in [0.15, 0.2) is 0 Å². The molecule has 3 amide bonds. The highest BCUT2D eigenvalue weighted by molar-refractivity contribution is 7.09. The summed E-state index contributed by atoms with van der Waals surface area (Å²) in [5, 5.41) is 5.85. The predicted molar refractivity (Wildman–Crippen MR) is 110 cm³/mol. The zero-order valence-electron chi connectivity index (χ0n) is 15.7. The van der Waals surface area contributed by atoms with E-state index in [1.165, 1.54) is 11.3 Å². The molecule has 0 spiro atoms. The predicted octanol–water partition coefficient (Wildman–Crippen LogP) is 3.71. The van der Waals surface area contributed by atoms with Crippen molar-refractivity contribution in [3.63, 3.8) is 0 Å². The second kappa shape index (κ2) is 9.86. The summed E-state index contributed by atoms with van der Waals surface area (Å²) in [6.45, 7) is 2.67. The van der Waals surface area contributed by atoms with Gasteiger partial charge in [0.1, 0.15) is 10.7 Å². The summed E-state index contributed by atoms with van der Waals surface area (Å²) in [5.74, 6) is -0.0354. The molecular formula is C19H23ClN4O3S. The van der Waals surface area contributed by atoms with Crippen LogP contribution in [0.1, 0.15) is 28.3 Å². The van der Waals surface area contributed by atoms with Gasteiger partial charge in [-0.05, 0) is 31.0 Å². The normalized spacial score (nSPS) is 13.6. The second-order valence-corrected chi connectivity index (χ2v) is 7.86. The van der Waals surface area contributed by atoms with Crippen LogP contribution < -0.4 is 5.32 Å². The number of benzene rings is 1. The summed E-state index contributed by atoms with van der Waals surface area (Å²) >= 11 is 7.36. The van der Waals surface area contributed by atoms with Gasteiger partial charge in [-0.1, -0.05) is 17.7 Å². The lowest BCUT2D eigenvalue weighted by atomic mass is 10.3. The number of anilines is 1. The van der Waals surface area contributed by atoms with Crippen LogP contribution in [0, 0.1) is 0 Å². The van der Waals surface area contributed by atoms with E-state index in [-0.39, 0.29) is 11.9 Å². The number of aromatic nitrogens is 1. The van der Waals surface area contributed by atoms with Crippen LogP contribution >= 0.6 is 22.9 Å². The SMILES string of the molecule is COCCN(Cc1nc(C(=O)N2CCCC2)cs1)C(=O)Nc1cccc(Cl)c1. The molecule has 28 heavy (non-hydrogen) atoms. The maximum Gasteiger partial charge on any atom is 0.322 e. The Morgan fingerprint density at radius 3 is 2.86 bits per heavy atom. The number of hydrogen-bond donors (Lipinski definition) is 1. The van der Waals surface area contributed by atoms with Crippen LogP contribution in [0.4, 0.5) is 10.5 Å². The Bertz CT molecular complexity index is 823. The summed E-state index contributed by atoms with van der Waals surface area (Å²) in [6, 6.07) is 6.70. The van der Waals surface area contributed by atoms with Gasteiger partial charge in [0, 0.05) is 42.8 Å². The third-order valence-corrected chi connectivity index (χ3v) is 5.49. The van der Waals surface area contributed by atoms with Crippen molar-refractivity contribution in [2.45, 2.75) is 19.4 Å². The number of halogens is 1. The van der Waals surface area contributed by atoms with Crippen molar-refractivity contribution < 1.29 is 14.3 Å². The first-order chi connectivity index (χ1) is 13.6. The first-order valence-corrected chi connectivity index (χ1v) is 10.4. The van der Waals surface area contributed by atoms with Crippen LogP contribution in [0.25, 0.3) is 0 Å². The number of urea groups is 1. The smallest absolute Gasteiger partial charge is 0.322 e. The van der Waals surface area contributed by atoms with Gasteiger partial charge in [0.25, 0.3) is 5.91 Å². The molecule has 0 unspecified atom stereocenters. The lowest BCUT2D eigenvalue weighted by Gasteiger charge is -2.22. The van der Waals surface area contributed by atoms with Crippen LogP contribution in [0.2, 0.25) is 5.02 Å².